The second-order valence-corrected chi connectivity index (χ2v) is 11.6. The van der Waals surface area contributed by atoms with Gasteiger partial charge in [-0.05, 0) is 6.92 Å². The van der Waals surface area contributed by atoms with Gasteiger partial charge in [-0.15, -0.1) is 0 Å². The minimum atomic E-state index is -2.07. The van der Waals surface area contributed by atoms with E-state index in [4.69, 9.17) is 28.4 Å². The second-order valence-electron chi connectivity index (χ2n) is 11.6. The van der Waals surface area contributed by atoms with E-state index in [9.17, 15) is 71.2 Å². The molecule has 47 heavy (non-hydrogen) atoms. The SMILES string of the molecule is CC(=O)N[C@H]1[C@H](O[C@@H]([C@@H](O)[C@H](O)CO)[C@@H](O)CO)O[C@H](CO)[C@@H](O[C@@H]2O[C@H](CO)[C@H](O)[C@H](O)[C@H]2O)[C@@H]1O[C@@H]1O[C@@H](C)[C@@H](O)[C@@H](O)[C@@H]1O. The van der Waals surface area contributed by atoms with Crippen LogP contribution in [0.4, 0.5) is 0 Å². The summed E-state index contributed by atoms with van der Waals surface area (Å²) < 4.78 is 34.3. The number of carbonyl (C=O) groups is 1. The van der Waals surface area contributed by atoms with Crippen molar-refractivity contribution in [3.63, 3.8) is 0 Å². The van der Waals surface area contributed by atoms with Gasteiger partial charge in [-0.25, -0.2) is 0 Å². The number of carbonyl (C=O) groups excluding carboxylic acids is 1. The van der Waals surface area contributed by atoms with Crippen LogP contribution in [0.3, 0.4) is 0 Å². The lowest BCUT2D eigenvalue weighted by Gasteiger charge is -2.50. The van der Waals surface area contributed by atoms with Gasteiger partial charge in [0.2, 0.25) is 5.91 Å². The van der Waals surface area contributed by atoms with E-state index in [0.717, 1.165) is 6.92 Å². The van der Waals surface area contributed by atoms with Crippen LogP contribution in [-0.2, 0) is 33.2 Å². The highest BCUT2D eigenvalue weighted by atomic mass is 16.8. The van der Waals surface area contributed by atoms with E-state index >= 15 is 0 Å². The average molecular weight is 694 g/mol. The van der Waals surface area contributed by atoms with Gasteiger partial charge in [-0.1, -0.05) is 0 Å². The Hall–Kier alpha value is -1.29. The number of hydrogen-bond acceptors (Lipinski definition) is 20. The fraction of sp³-hybridized carbons (Fsp3) is 0.962. The molecule has 3 saturated heterocycles. The van der Waals surface area contributed by atoms with Crippen molar-refractivity contribution in [1.29, 1.82) is 0 Å². The average Bonchev–Trinajstić information content (AvgIpc) is 3.05. The standard InChI is InChI=1S/C26H47NO20/c1-7-14(35)17(38)19(40)25(42-7)47-23-13(27-8(2)32)24(45-21(10(34)4-29)15(36)9(33)3-28)44-12(6-31)22(23)46-26-20(41)18(39)16(37)11(5-30)43-26/h7,9-26,28-31,33-41H,3-6H2,1-2H3,(H,27,32)/t7-,9+,10-,11+,12+,13+,14+,15-,16-,17+,18-,19-,20+,21+,22+,23+,24-,25-,26-/m0/s1. The molecule has 21 heteroatoms. The summed E-state index contributed by atoms with van der Waals surface area (Å²) in [5.41, 5.74) is 0. The number of aliphatic hydroxyl groups excluding tert-OH is 13. The third-order valence-electron chi connectivity index (χ3n) is 8.21. The van der Waals surface area contributed by atoms with Crippen LogP contribution in [0.2, 0.25) is 0 Å². The zero-order chi connectivity index (χ0) is 35.3. The molecule has 0 aromatic carbocycles. The highest BCUT2D eigenvalue weighted by Gasteiger charge is 2.55. The summed E-state index contributed by atoms with van der Waals surface area (Å²) in [5, 5.41) is 135. The van der Waals surface area contributed by atoms with Crippen LogP contribution in [0.25, 0.3) is 0 Å². The van der Waals surface area contributed by atoms with Gasteiger partial charge in [0.15, 0.2) is 18.9 Å². The molecule has 3 aliphatic rings. The third-order valence-corrected chi connectivity index (χ3v) is 8.21. The van der Waals surface area contributed by atoms with Crippen molar-refractivity contribution in [2.24, 2.45) is 0 Å². The Balaban J connectivity index is 2.08. The number of ether oxygens (including phenoxy) is 6. The van der Waals surface area contributed by atoms with Crippen LogP contribution in [0, 0.1) is 0 Å². The Morgan fingerprint density at radius 1 is 0.681 bits per heavy atom. The maximum absolute atomic E-state index is 12.4. The summed E-state index contributed by atoms with van der Waals surface area (Å²) >= 11 is 0. The molecule has 0 unspecified atom stereocenters. The second kappa shape index (κ2) is 17.6. The fourth-order valence-corrected chi connectivity index (χ4v) is 5.48. The van der Waals surface area contributed by atoms with Crippen LogP contribution in [0.15, 0.2) is 0 Å². The summed E-state index contributed by atoms with van der Waals surface area (Å²) in [6, 6.07) is -1.66. The normalized spacial score (nSPS) is 43.9. The Kier molecular flexibility index (Phi) is 15.0. The van der Waals surface area contributed by atoms with Crippen molar-refractivity contribution in [3.8, 4) is 0 Å². The molecular weight excluding hydrogens is 646 g/mol. The largest absolute Gasteiger partial charge is 0.394 e. The van der Waals surface area contributed by atoms with Crippen molar-refractivity contribution < 1.29 is 99.6 Å². The van der Waals surface area contributed by atoms with Gasteiger partial charge in [-0.3, -0.25) is 4.79 Å². The zero-order valence-corrected chi connectivity index (χ0v) is 25.5. The molecule has 21 nitrogen and oxygen atoms in total. The third kappa shape index (κ3) is 9.09. The van der Waals surface area contributed by atoms with Gasteiger partial charge in [-0.2, -0.15) is 0 Å². The van der Waals surface area contributed by atoms with Gasteiger partial charge in [0, 0.05) is 6.92 Å². The molecule has 0 bridgehead atoms. The Morgan fingerprint density at radius 2 is 1.19 bits per heavy atom. The Labute approximate surface area is 268 Å². The van der Waals surface area contributed by atoms with Crippen molar-refractivity contribution in [2.45, 2.75) is 130 Å². The molecule has 3 heterocycles. The van der Waals surface area contributed by atoms with Crippen LogP contribution in [0.1, 0.15) is 13.8 Å². The lowest BCUT2D eigenvalue weighted by molar-refractivity contribution is -0.378. The summed E-state index contributed by atoms with van der Waals surface area (Å²) in [6.45, 7) is -1.47. The molecule has 3 rings (SSSR count). The fourth-order valence-electron chi connectivity index (χ4n) is 5.48. The van der Waals surface area contributed by atoms with Gasteiger partial charge in [0.1, 0.15) is 91.5 Å². The molecule has 14 N–H and O–H groups in total. The first kappa shape index (κ1) is 40.1. The van der Waals surface area contributed by atoms with E-state index in [1.807, 2.05) is 0 Å². The summed E-state index contributed by atoms with van der Waals surface area (Å²) in [4.78, 5) is 12.4. The molecule has 0 aromatic rings. The molecule has 19 atom stereocenters. The number of aliphatic hydroxyl groups is 13. The maximum Gasteiger partial charge on any atom is 0.217 e. The van der Waals surface area contributed by atoms with Crippen molar-refractivity contribution in [2.75, 3.05) is 26.4 Å². The first-order valence-corrected chi connectivity index (χ1v) is 14.9. The van der Waals surface area contributed by atoms with Gasteiger partial charge >= 0.3 is 0 Å². The highest BCUT2D eigenvalue weighted by molar-refractivity contribution is 5.73. The van der Waals surface area contributed by atoms with Gasteiger partial charge in [0.05, 0.1) is 32.5 Å². The lowest BCUT2D eigenvalue weighted by Crippen LogP contribution is -2.70. The number of nitrogens with one attached hydrogen (secondary N) is 1. The first-order chi connectivity index (χ1) is 22.1. The Bertz CT molecular complexity index is 965. The maximum atomic E-state index is 12.4. The van der Waals surface area contributed by atoms with Gasteiger partial charge in [0.25, 0.3) is 0 Å². The van der Waals surface area contributed by atoms with Gasteiger partial charge < -0.3 is 100 Å². The quantitative estimate of drug-likeness (QED) is 0.0803. The van der Waals surface area contributed by atoms with E-state index in [1.54, 1.807) is 0 Å². The molecule has 0 aliphatic carbocycles. The number of hydrogen-bond donors (Lipinski definition) is 14. The molecular formula is C26H47NO20. The predicted molar refractivity (Wildman–Crippen MR) is 146 cm³/mol. The first-order valence-electron chi connectivity index (χ1n) is 14.9. The smallest absolute Gasteiger partial charge is 0.217 e. The molecule has 276 valence electrons. The van der Waals surface area contributed by atoms with Crippen molar-refractivity contribution >= 4 is 5.91 Å². The molecule has 0 aromatic heterocycles. The predicted octanol–water partition coefficient (Wildman–Crippen LogP) is -8.94. The summed E-state index contributed by atoms with van der Waals surface area (Å²) in [7, 11) is 0. The van der Waals surface area contributed by atoms with Crippen LogP contribution in [0.5, 0.6) is 0 Å². The minimum Gasteiger partial charge on any atom is -0.394 e. The summed E-state index contributed by atoms with van der Waals surface area (Å²) in [6.07, 6.45) is -32.0. The highest BCUT2D eigenvalue weighted by Crippen LogP contribution is 2.34. The molecule has 0 radical (unpaired) electrons. The summed E-state index contributed by atoms with van der Waals surface area (Å²) in [5.74, 6) is -0.793. The van der Waals surface area contributed by atoms with E-state index in [-0.39, 0.29) is 0 Å². The van der Waals surface area contributed by atoms with Crippen LogP contribution >= 0.6 is 0 Å². The monoisotopic (exact) mass is 693 g/mol. The van der Waals surface area contributed by atoms with Crippen molar-refractivity contribution in [3.05, 3.63) is 0 Å². The molecule has 0 saturated carbocycles. The van der Waals surface area contributed by atoms with E-state index in [1.165, 1.54) is 6.92 Å². The molecule has 3 aliphatic heterocycles. The van der Waals surface area contributed by atoms with E-state index < -0.39 is 149 Å². The number of amides is 1. The molecule has 3 fully saturated rings. The Morgan fingerprint density at radius 3 is 1.72 bits per heavy atom. The zero-order valence-electron chi connectivity index (χ0n) is 25.5. The topological polar surface area (TPSA) is 347 Å². The van der Waals surface area contributed by atoms with Crippen molar-refractivity contribution in [1.82, 2.24) is 5.32 Å². The number of rotatable bonds is 14. The van der Waals surface area contributed by atoms with Crippen LogP contribution in [-0.4, -0.2) is 215 Å². The molecule has 0 spiro atoms. The van der Waals surface area contributed by atoms with Crippen LogP contribution < -0.4 is 5.32 Å². The lowest BCUT2D eigenvalue weighted by atomic mass is 9.94. The van der Waals surface area contributed by atoms with E-state index in [2.05, 4.69) is 5.32 Å². The minimum absolute atomic E-state index is 0.793. The molecule has 1 amide bonds. The van der Waals surface area contributed by atoms with E-state index in [0.29, 0.717) is 0 Å².